The molecule has 2 atom stereocenters. The molecule has 0 spiro atoms. The Labute approximate surface area is 111 Å². The van der Waals surface area contributed by atoms with Crippen molar-refractivity contribution in [2.24, 2.45) is 0 Å². The molecule has 1 aromatic carbocycles. The minimum atomic E-state index is -0.406. The van der Waals surface area contributed by atoms with Crippen LogP contribution in [0.5, 0.6) is 0 Å². The lowest BCUT2D eigenvalue weighted by Gasteiger charge is -2.38. The average molecular weight is 266 g/mol. The Balaban J connectivity index is 2.15. The fourth-order valence-corrected chi connectivity index (χ4v) is 2.35. The van der Waals surface area contributed by atoms with Crippen LogP contribution in [0.3, 0.4) is 0 Å². The molecule has 0 aromatic heterocycles. The van der Waals surface area contributed by atoms with Crippen LogP contribution in [0.15, 0.2) is 24.3 Å². The normalized spacial score (nSPS) is 21.2. The van der Waals surface area contributed by atoms with Crippen LogP contribution in [0.1, 0.15) is 13.3 Å². The summed E-state index contributed by atoms with van der Waals surface area (Å²) in [6.07, 6.45) is 0.226. The molecule has 0 bridgehead atoms. The van der Waals surface area contributed by atoms with Crippen molar-refractivity contribution >= 4 is 11.4 Å². The topological polar surface area (TPSA) is 75.8 Å². The molecule has 1 saturated heterocycles. The second-order valence-corrected chi connectivity index (χ2v) is 4.78. The first kappa shape index (κ1) is 13.8. The summed E-state index contributed by atoms with van der Waals surface area (Å²) in [4.78, 5) is 12.4. The molecule has 2 unspecified atom stereocenters. The zero-order valence-electron chi connectivity index (χ0n) is 10.9. The van der Waals surface area contributed by atoms with Crippen molar-refractivity contribution in [3.8, 4) is 0 Å². The van der Waals surface area contributed by atoms with Crippen LogP contribution in [-0.4, -0.2) is 41.9 Å². The number of ether oxygens (including phenoxy) is 1. The molecule has 19 heavy (non-hydrogen) atoms. The summed E-state index contributed by atoms with van der Waals surface area (Å²) in [6, 6.07) is 6.61. The third-order valence-corrected chi connectivity index (χ3v) is 3.23. The lowest BCUT2D eigenvalue weighted by molar-refractivity contribution is -0.384. The number of benzene rings is 1. The number of aliphatic hydroxyl groups excluding tert-OH is 1. The Bertz CT molecular complexity index is 433. The monoisotopic (exact) mass is 266 g/mol. The fourth-order valence-electron chi connectivity index (χ4n) is 2.35. The van der Waals surface area contributed by atoms with E-state index in [9.17, 15) is 15.2 Å². The molecule has 2 rings (SSSR count). The largest absolute Gasteiger partial charge is 0.393 e. The number of nitro benzene ring substituents is 1. The maximum atomic E-state index is 10.6. The lowest BCUT2D eigenvalue weighted by Crippen LogP contribution is -2.46. The fraction of sp³-hybridized carbons (Fsp3) is 0.538. The number of nitro groups is 1. The van der Waals surface area contributed by atoms with Crippen LogP contribution in [0.25, 0.3) is 0 Å². The highest BCUT2D eigenvalue weighted by Crippen LogP contribution is 2.24. The van der Waals surface area contributed by atoms with Gasteiger partial charge in [-0.2, -0.15) is 0 Å². The molecule has 1 N–H and O–H groups in total. The van der Waals surface area contributed by atoms with Crippen molar-refractivity contribution in [3.05, 3.63) is 34.4 Å². The molecule has 1 heterocycles. The molecule has 0 radical (unpaired) electrons. The summed E-state index contributed by atoms with van der Waals surface area (Å²) < 4.78 is 5.44. The molecule has 104 valence electrons. The summed E-state index contributed by atoms with van der Waals surface area (Å²) in [5.74, 6) is 0. The molecule has 0 aliphatic carbocycles. The minimum Gasteiger partial charge on any atom is -0.393 e. The van der Waals surface area contributed by atoms with Gasteiger partial charge in [0.1, 0.15) is 0 Å². The van der Waals surface area contributed by atoms with Gasteiger partial charge < -0.3 is 14.7 Å². The average Bonchev–Trinajstić information content (AvgIpc) is 2.39. The van der Waals surface area contributed by atoms with Gasteiger partial charge in [0.05, 0.1) is 30.3 Å². The number of aliphatic hydroxyl groups is 1. The maximum Gasteiger partial charge on any atom is 0.269 e. The van der Waals surface area contributed by atoms with Gasteiger partial charge in [-0.1, -0.05) is 0 Å². The number of morpholine rings is 1. The van der Waals surface area contributed by atoms with Gasteiger partial charge in [-0.15, -0.1) is 0 Å². The number of non-ortho nitro benzene ring substituents is 1. The number of hydrogen-bond acceptors (Lipinski definition) is 5. The summed E-state index contributed by atoms with van der Waals surface area (Å²) in [6.45, 7) is 3.69. The van der Waals surface area contributed by atoms with Crippen molar-refractivity contribution in [1.29, 1.82) is 0 Å². The zero-order chi connectivity index (χ0) is 13.8. The summed E-state index contributed by atoms with van der Waals surface area (Å²) in [5, 5.41) is 20.2. The Kier molecular flexibility index (Phi) is 4.34. The summed E-state index contributed by atoms with van der Waals surface area (Å²) in [5.41, 5.74) is 1.02. The van der Waals surface area contributed by atoms with Gasteiger partial charge in [0.2, 0.25) is 0 Å². The van der Waals surface area contributed by atoms with E-state index in [4.69, 9.17) is 4.74 Å². The van der Waals surface area contributed by atoms with Crippen LogP contribution in [0.2, 0.25) is 0 Å². The predicted octanol–water partition coefficient (Wildman–Crippen LogP) is 1.57. The Morgan fingerprint density at radius 2 is 2.21 bits per heavy atom. The van der Waals surface area contributed by atoms with E-state index in [1.807, 2.05) is 0 Å². The first-order valence-electron chi connectivity index (χ1n) is 6.35. The Morgan fingerprint density at radius 1 is 1.53 bits per heavy atom. The summed E-state index contributed by atoms with van der Waals surface area (Å²) in [7, 11) is 0. The molecule has 0 saturated carbocycles. The van der Waals surface area contributed by atoms with Crippen molar-refractivity contribution in [2.45, 2.75) is 25.5 Å². The maximum absolute atomic E-state index is 10.6. The van der Waals surface area contributed by atoms with Gasteiger partial charge in [0.15, 0.2) is 0 Å². The molecule has 1 fully saturated rings. The van der Waals surface area contributed by atoms with Crippen LogP contribution in [0, 0.1) is 10.1 Å². The van der Waals surface area contributed by atoms with Crippen LogP contribution < -0.4 is 4.90 Å². The number of nitrogens with zero attached hydrogens (tertiary/aromatic N) is 2. The second-order valence-electron chi connectivity index (χ2n) is 4.78. The van der Waals surface area contributed by atoms with Crippen molar-refractivity contribution in [3.63, 3.8) is 0 Å². The van der Waals surface area contributed by atoms with Crippen LogP contribution >= 0.6 is 0 Å². The second kappa shape index (κ2) is 5.99. The highest BCUT2D eigenvalue weighted by molar-refractivity contribution is 5.52. The molecule has 0 amide bonds. The molecule has 1 aliphatic heterocycles. The van der Waals surface area contributed by atoms with E-state index in [0.29, 0.717) is 19.6 Å². The van der Waals surface area contributed by atoms with E-state index in [0.717, 1.165) is 12.2 Å². The smallest absolute Gasteiger partial charge is 0.269 e. The van der Waals surface area contributed by atoms with E-state index in [2.05, 4.69) is 4.90 Å². The first-order chi connectivity index (χ1) is 9.08. The van der Waals surface area contributed by atoms with Crippen LogP contribution in [-0.2, 0) is 4.74 Å². The number of anilines is 1. The minimum absolute atomic E-state index is 0.0871. The summed E-state index contributed by atoms with van der Waals surface area (Å²) >= 11 is 0. The van der Waals surface area contributed by atoms with Crippen molar-refractivity contribution in [2.75, 3.05) is 24.7 Å². The molecule has 6 heteroatoms. The van der Waals surface area contributed by atoms with E-state index in [1.165, 1.54) is 12.1 Å². The van der Waals surface area contributed by atoms with Crippen molar-refractivity contribution in [1.82, 2.24) is 0 Å². The van der Waals surface area contributed by atoms with Crippen molar-refractivity contribution < 1.29 is 14.8 Å². The highest BCUT2D eigenvalue weighted by atomic mass is 16.6. The van der Waals surface area contributed by atoms with Gasteiger partial charge in [0, 0.05) is 24.4 Å². The third kappa shape index (κ3) is 3.42. The molecule has 6 nitrogen and oxygen atoms in total. The number of rotatable bonds is 4. The van der Waals surface area contributed by atoms with Gasteiger partial charge >= 0.3 is 0 Å². The Morgan fingerprint density at radius 3 is 2.79 bits per heavy atom. The highest BCUT2D eigenvalue weighted by Gasteiger charge is 2.24. The molecular weight excluding hydrogens is 248 g/mol. The number of hydrogen-bond donors (Lipinski definition) is 1. The lowest BCUT2D eigenvalue weighted by atomic mass is 10.1. The molecular formula is C13H18N2O4. The van der Waals surface area contributed by atoms with Gasteiger partial charge in [-0.3, -0.25) is 10.1 Å². The molecule has 1 aliphatic rings. The van der Waals surface area contributed by atoms with E-state index in [1.54, 1.807) is 19.1 Å². The van der Waals surface area contributed by atoms with E-state index < -0.39 is 11.0 Å². The van der Waals surface area contributed by atoms with E-state index in [-0.39, 0.29) is 11.7 Å². The SMILES string of the molecule is CC(O)CC1COCCN1c1ccc([N+](=O)[O-])cc1. The quantitative estimate of drug-likeness (QED) is 0.661. The Hall–Kier alpha value is -1.66. The van der Waals surface area contributed by atoms with Gasteiger partial charge in [0.25, 0.3) is 5.69 Å². The van der Waals surface area contributed by atoms with Gasteiger partial charge in [-0.05, 0) is 25.5 Å². The third-order valence-electron chi connectivity index (χ3n) is 3.23. The van der Waals surface area contributed by atoms with Crippen LogP contribution in [0.4, 0.5) is 11.4 Å². The van der Waals surface area contributed by atoms with Gasteiger partial charge in [-0.25, -0.2) is 0 Å². The standard InChI is InChI=1S/C13H18N2O4/c1-10(16)8-13-9-19-7-6-14(13)11-2-4-12(5-3-11)15(17)18/h2-5,10,13,16H,6-9H2,1H3. The predicted molar refractivity (Wildman–Crippen MR) is 71.3 cm³/mol. The first-order valence-corrected chi connectivity index (χ1v) is 6.35. The molecule has 1 aromatic rings. The zero-order valence-corrected chi connectivity index (χ0v) is 10.9. The van der Waals surface area contributed by atoms with E-state index >= 15 is 0 Å².